The molecule has 3 aliphatic rings. The average Bonchev–Trinajstić information content (AvgIpc) is 3.04. The van der Waals surface area contributed by atoms with E-state index in [1.807, 2.05) is 32.0 Å². The smallest absolute Gasteiger partial charge is 0.338 e. The van der Waals surface area contributed by atoms with Crippen LogP contribution in [0.3, 0.4) is 0 Å². The fourth-order valence-electron chi connectivity index (χ4n) is 4.47. The Morgan fingerprint density at radius 1 is 1.21 bits per heavy atom. The lowest BCUT2D eigenvalue weighted by Crippen LogP contribution is -2.54. The maximum absolute atomic E-state index is 12.4. The zero-order valence-corrected chi connectivity index (χ0v) is 14.4. The van der Waals surface area contributed by atoms with Crippen LogP contribution in [0.25, 0.3) is 0 Å². The van der Waals surface area contributed by atoms with E-state index in [1.165, 1.54) is 0 Å². The van der Waals surface area contributed by atoms with E-state index < -0.39 is 5.79 Å². The number of ether oxygens (including phenoxy) is 4. The zero-order chi connectivity index (χ0) is 16.9. The first kappa shape index (κ1) is 16.1. The summed E-state index contributed by atoms with van der Waals surface area (Å²) in [6.07, 6.45) is 2.30. The van der Waals surface area contributed by atoms with Crippen molar-refractivity contribution >= 4 is 5.97 Å². The molecule has 0 radical (unpaired) electrons. The number of hydrogen-bond acceptors (Lipinski definition) is 5. The third-order valence-electron chi connectivity index (χ3n) is 5.72. The van der Waals surface area contributed by atoms with Gasteiger partial charge in [0.05, 0.1) is 17.8 Å². The van der Waals surface area contributed by atoms with Crippen LogP contribution in [0.1, 0.15) is 43.5 Å². The van der Waals surface area contributed by atoms with Gasteiger partial charge in [-0.1, -0.05) is 18.2 Å². The van der Waals surface area contributed by atoms with Gasteiger partial charge in [-0.05, 0) is 45.2 Å². The number of methoxy groups -OCH3 is 1. The van der Waals surface area contributed by atoms with Gasteiger partial charge in [0.1, 0.15) is 12.2 Å². The number of carbonyl (C=O) groups is 1. The molecule has 1 aliphatic heterocycles. The summed E-state index contributed by atoms with van der Waals surface area (Å²) in [7, 11) is 1.71. The van der Waals surface area contributed by atoms with E-state index in [0.29, 0.717) is 5.56 Å². The number of fused-ring (bicyclic) bond motifs is 2. The Kier molecular flexibility index (Phi) is 3.71. The normalized spacial score (nSPS) is 39.5. The molecule has 5 heteroatoms. The van der Waals surface area contributed by atoms with Crippen LogP contribution in [-0.4, -0.2) is 43.3 Å². The lowest BCUT2D eigenvalue weighted by atomic mass is 9.63. The minimum atomic E-state index is -0.622. The molecule has 24 heavy (non-hydrogen) atoms. The van der Waals surface area contributed by atoms with Crippen LogP contribution in [0.5, 0.6) is 0 Å². The average molecular weight is 332 g/mol. The Balaban J connectivity index is 1.54. The molecule has 1 heterocycles. The van der Waals surface area contributed by atoms with Crippen LogP contribution in [0.2, 0.25) is 0 Å². The SMILES string of the molecule is CO[C@@H]1C[C@@]2(CC[C@H]2OC(=O)c2ccccc2)[C@@H]2OC(C)(C)OC21. The maximum atomic E-state index is 12.4. The molecule has 5 nitrogen and oxygen atoms in total. The summed E-state index contributed by atoms with van der Waals surface area (Å²) >= 11 is 0. The predicted molar refractivity (Wildman–Crippen MR) is 86.6 cm³/mol. The highest BCUT2D eigenvalue weighted by atomic mass is 16.8. The Morgan fingerprint density at radius 2 is 1.96 bits per heavy atom. The molecule has 1 aromatic carbocycles. The molecule has 0 aromatic heterocycles. The molecule has 130 valence electrons. The highest BCUT2D eigenvalue weighted by Crippen LogP contribution is 2.60. The first-order chi connectivity index (χ1) is 11.5. The van der Waals surface area contributed by atoms with Gasteiger partial charge in [0.15, 0.2) is 5.79 Å². The molecule has 1 aromatic rings. The van der Waals surface area contributed by atoms with Crippen molar-refractivity contribution in [1.29, 1.82) is 0 Å². The van der Waals surface area contributed by atoms with Crippen LogP contribution < -0.4 is 0 Å². The number of benzene rings is 1. The molecule has 0 amide bonds. The Bertz CT molecular complexity index is 628. The summed E-state index contributed by atoms with van der Waals surface area (Å²) in [5.74, 6) is -0.890. The summed E-state index contributed by atoms with van der Waals surface area (Å²) in [4.78, 5) is 12.4. The van der Waals surface area contributed by atoms with E-state index in [1.54, 1.807) is 19.2 Å². The minimum absolute atomic E-state index is 0.0185. The van der Waals surface area contributed by atoms with Crippen molar-refractivity contribution in [2.75, 3.05) is 7.11 Å². The first-order valence-corrected chi connectivity index (χ1v) is 8.60. The maximum Gasteiger partial charge on any atom is 0.338 e. The molecule has 5 atom stereocenters. The molecular formula is C19H24O5. The van der Waals surface area contributed by atoms with Gasteiger partial charge in [-0.15, -0.1) is 0 Å². The molecular weight excluding hydrogens is 308 g/mol. The molecule has 4 rings (SSSR count). The second kappa shape index (κ2) is 5.55. The van der Waals surface area contributed by atoms with E-state index in [2.05, 4.69) is 0 Å². The largest absolute Gasteiger partial charge is 0.458 e. The van der Waals surface area contributed by atoms with Crippen LogP contribution >= 0.6 is 0 Å². The number of carbonyl (C=O) groups excluding carboxylic acids is 1. The topological polar surface area (TPSA) is 54.0 Å². The van der Waals surface area contributed by atoms with Crippen molar-refractivity contribution in [2.24, 2.45) is 5.41 Å². The van der Waals surface area contributed by atoms with Crippen molar-refractivity contribution in [3.05, 3.63) is 35.9 Å². The molecule has 1 spiro atoms. The quantitative estimate of drug-likeness (QED) is 0.797. The lowest BCUT2D eigenvalue weighted by Gasteiger charge is -2.49. The summed E-state index contributed by atoms with van der Waals surface area (Å²) in [6.45, 7) is 3.85. The fraction of sp³-hybridized carbons (Fsp3) is 0.632. The van der Waals surface area contributed by atoms with Crippen LogP contribution in [0.4, 0.5) is 0 Å². The summed E-state index contributed by atoms with van der Waals surface area (Å²) in [5, 5.41) is 0. The van der Waals surface area contributed by atoms with Crippen LogP contribution in [0, 0.1) is 5.41 Å². The van der Waals surface area contributed by atoms with Crippen LogP contribution in [0.15, 0.2) is 30.3 Å². The molecule has 1 saturated heterocycles. The molecule has 2 saturated carbocycles. The second-order valence-corrected chi connectivity index (χ2v) is 7.53. The van der Waals surface area contributed by atoms with E-state index in [0.717, 1.165) is 19.3 Å². The predicted octanol–water partition coefficient (Wildman–Crippen LogP) is 2.93. The zero-order valence-electron chi connectivity index (χ0n) is 14.4. The fourth-order valence-corrected chi connectivity index (χ4v) is 4.47. The molecule has 0 bridgehead atoms. The van der Waals surface area contributed by atoms with Crippen molar-refractivity contribution in [2.45, 2.75) is 63.3 Å². The standard InChI is InChI=1S/C19H24O5/c1-18(2)23-15-13(21-3)11-19(16(15)24-18)10-9-14(19)22-17(20)12-7-5-4-6-8-12/h4-8,13-16H,9-11H2,1-3H3/t13-,14-,15?,16-,19-/m1/s1. The molecule has 2 aliphatic carbocycles. The van der Waals surface area contributed by atoms with Crippen molar-refractivity contribution in [1.82, 2.24) is 0 Å². The highest BCUT2D eigenvalue weighted by Gasteiger charge is 2.68. The summed E-state index contributed by atoms with van der Waals surface area (Å²) < 4.78 is 23.7. The van der Waals surface area contributed by atoms with Crippen LogP contribution in [-0.2, 0) is 18.9 Å². The van der Waals surface area contributed by atoms with Crippen molar-refractivity contribution in [3.63, 3.8) is 0 Å². The van der Waals surface area contributed by atoms with Gasteiger partial charge in [0.2, 0.25) is 0 Å². The third-order valence-corrected chi connectivity index (χ3v) is 5.72. The number of hydrogen-bond donors (Lipinski definition) is 0. The van der Waals surface area contributed by atoms with Gasteiger partial charge in [0.25, 0.3) is 0 Å². The molecule has 3 fully saturated rings. The highest BCUT2D eigenvalue weighted by molar-refractivity contribution is 5.89. The third kappa shape index (κ3) is 2.38. The van der Waals surface area contributed by atoms with E-state index in [-0.39, 0.29) is 35.8 Å². The van der Waals surface area contributed by atoms with E-state index in [9.17, 15) is 4.79 Å². The van der Waals surface area contributed by atoms with Gasteiger partial charge in [-0.3, -0.25) is 0 Å². The lowest BCUT2D eigenvalue weighted by molar-refractivity contribution is -0.203. The number of rotatable bonds is 3. The van der Waals surface area contributed by atoms with Crippen molar-refractivity contribution < 1.29 is 23.7 Å². The first-order valence-electron chi connectivity index (χ1n) is 8.60. The molecule has 1 unspecified atom stereocenters. The van der Waals surface area contributed by atoms with Crippen molar-refractivity contribution in [3.8, 4) is 0 Å². The van der Waals surface area contributed by atoms with Gasteiger partial charge >= 0.3 is 5.97 Å². The minimum Gasteiger partial charge on any atom is -0.458 e. The number of esters is 1. The van der Waals surface area contributed by atoms with Gasteiger partial charge < -0.3 is 18.9 Å². The Hall–Kier alpha value is -1.43. The van der Waals surface area contributed by atoms with E-state index in [4.69, 9.17) is 18.9 Å². The Morgan fingerprint density at radius 3 is 2.58 bits per heavy atom. The molecule has 0 N–H and O–H groups in total. The van der Waals surface area contributed by atoms with Gasteiger partial charge in [-0.25, -0.2) is 4.79 Å². The Labute approximate surface area is 142 Å². The second-order valence-electron chi connectivity index (χ2n) is 7.53. The van der Waals surface area contributed by atoms with E-state index >= 15 is 0 Å². The van der Waals surface area contributed by atoms with Gasteiger partial charge in [0, 0.05) is 12.5 Å². The monoisotopic (exact) mass is 332 g/mol. The summed E-state index contributed by atoms with van der Waals surface area (Å²) in [6, 6.07) is 9.13. The summed E-state index contributed by atoms with van der Waals surface area (Å²) in [5.41, 5.74) is 0.394. The van der Waals surface area contributed by atoms with Gasteiger partial charge in [-0.2, -0.15) is 0 Å².